The highest BCUT2D eigenvalue weighted by molar-refractivity contribution is 9.10. The molecule has 224 valence electrons. The number of methoxy groups -OCH3 is 1. The van der Waals surface area contributed by atoms with Crippen molar-refractivity contribution >= 4 is 56.3 Å². The number of esters is 1. The molecule has 17 heteroatoms. The molecule has 3 aromatic rings. The number of halogens is 5. The minimum absolute atomic E-state index is 0.0211. The first kappa shape index (κ1) is 30.5. The molecule has 1 aliphatic rings. The molecule has 5 N–H and O–H groups in total. The number of hydrogen-bond acceptors (Lipinski definition) is 9. The monoisotopic (exact) mass is 657 g/mol. The van der Waals surface area contributed by atoms with Gasteiger partial charge < -0.3 is 30.7 Å². The zero-order valence-corrected chi connectivity index (χ0v) is 23.4. The molecule has 0 aliphatic carbocycles. The lowest BCUT2D eigenvalue weighted by Gasteiger charge is -2.20. The van der Waals surface area contributed by atoms with Crippen LogP contribution in [-0.4, -0.2) is 73.2 Å². The minimum atomic E-state index is -4.96. The van der Waals surface area contributed by atoms with Crippen LogP contribution >= 0.6 is 15.9 Å². The van der Waals surface area contributed by atoms with Gasteiger partial charge in [-0.1, -0.05) is 15.9 Å². The molecule has 0 saturated heterocycles. The quantitative estimate of drug-likeness (QED) is 0.173. The van der Waals surface area contributed by atoms with E-state index in [1.165, 1.54) is 24.4 Å². The van der Waals surface area contributed by atoms with Gasteiger partial charge in [-0.15, -0.1) is 13.2 Å². The van der Waals surface area contributed by atoms with Crippen molar-refractivity contribution in [3.63, 3.8) is 0 Å². The summed E-state index contributed by atoms with van der Waals surface area (Å²) >= 11 is 3.09. The van der Waals surface area contributed by atoms with Gasteiger partial charge in [0, 0.05) is 15.4 Å². The summed E-state index contributed by atoms with van der Waals surface area (Å²) in [6, 6.07) is 5.40. The molecular formula is C25H24BrF4N7O5. The Morgan fingerprint density at radius 1 is 1.19 bits per heavy atom. The molecule has 2 aromatic carbocycles. The minimum Gasteiger partial charge on any atom is -0.469 e. The molecule has 42 heavy (non-hydrogen) atoms. The van der Waals surface area contributed by atoms with Gasteiger partial charge in [0.1, 0.15) is 11.9 Å². The van der Waals surface area contributed by atoms with Gasteiger partial charge in [0.05, 0.1) is 56.6 Å². The van der Waals surface area contributed by atoms with Crippen LogP contribution in [0.15, 0.2) is 46.0 Å². The predicted octanol–water partition coefficient (Wildman–Crippen LogP) is 3.08. The Balaban J connectivity index is 1.46. The number of ether oxygens (including phenoxy) is 2. The summed E-state index contributed by atoms with van der Waals surface area (Å²) in [5.74, 6) is -2.37. The molecule has 2 amide bonds. The molecule has 1 unspecified atom stereocenters. The normalized spacial score (nSPS) is 15.7. The number of aromatic amines is 1. The second-order valence-corrected chi connectivity index (χ2v) is 9.91. The van der Waals surface area contributed by atoms with E-state index in [4.69, 9.17) is 0 Å². The van der Waals surface area contributed by atoms with Gasteiger partial charge in [-0.25, -0.2) is 9.38 Å². The molecule has 0 bridgehead atoms. The van der Waals surface area contributed by atoms with Gasteiger partial charge in [-0.05, 0) is 35.9 Å². The van der Waals surface area contributed by atoms with Crippen LogP contribution in [0.1, 0.15) is 28.4 Å². The SMILES string of the molecule is COC(=O)C[C@H](NC(=O)CNC(=O)c1cc(NC2=NCC(F)CN2)c2cn[nH]c2c1)c1cc(Br)cc(OC(F)(F)F)c1. The highest BCUT2D eigenvalue weighted by Crippen LogP contribution is 2.31. The Labute approximate surface area is 243 Å². The number of anilines is 1. The van der Waals surface area contributed by atoms with Crippen LogP contribution in [0.2, 0.25) is 0 Å². The number of alkyl halides is 4. The second-order valence-electron chi connectivity index (χ2n) is 9.00. The Kier molecular flexibility index (Phi) is 9.49. The molecule has 1 aromatic heterocycles. The van der Waals surface area contributed by atoms with E-state index < -0.39 is 55.1 Å². The Morgan fingerprint density at radius 2 is 1.98 bits per heavy atom. The fraction of sp³-hybridized carbons (Fsp3) is 0.320. The van der Waals surface area contributed by atoms with Crippen molar-refractivity contribution in [3.05, 3.63) is 52.1 Å². The molecule has 0 radical (unpaired) electrons. The first-order valence-electron chi connectivity index (χ1n) is 12.3. The molecular weight excluding hydrogens is 634 g/mol. The third kappa shape index (κ3) is 8.31. The highest BCUT2D eigenvalue weighted by atomic mass is 79.9. The standard InChI is InChI=1S/C25H24BrF4N7O5/c1-41-22(39)7-18(12-2-14(26)6-16(3-12)42-25(28,29)30)35-21(38)11-31-23(40)13-4-19(17-10-34-37-20(17)5-13)36-24-32-8-15(27)9-33-24/h2-6,10,15,18H,7-9,11H2,1H3,(H,31,40)(H,34,37)(H,35,38)(H2,32,33,36)/t18-/m0/s1. The van der Waals surface area contributed by atoms with E-state index in [9.17, 15) is 31.9 Å². The lowest BCUT2D eigenvalue weighted by atomic mass is 10.0. The lowest BCUT2D eigenvalue weighted by Crippen LogP contribution is -2.41. The van der Waals surface area contributed by atoms with Crippen LogP contribution in [0.3, 0.4) is 0 Å². The molecule has 4 rings (SSSR count). The smallest absolute Gasteiger partial charge is 0.469 e. The van der Waals surface area contributed by atoms with E-state index in [0.717, 1.165) is 19.2 Å². The first-order valence-corrected chi connectivity index (χ1v) is 13.1. The van der Waals surface area contributed by atoms with Crippen molar-refractivity contribution in [2.75, 3.05) is 32.1 Å². The molecule has 2 atom stereocenters. The molecule has 12 nitrogen and oxygen atoms in total. The molecule has 1 aliphatic heterocycles. The number of H-pyrrole nitrogens is 1. The summed E-state index contributed by atoms with van der Waals surface area (Å²) in [4.78, 5) is 41.8. The zero-order chi connectivity index (χ0) is 30.4. The van der Waals surface area contributed by atoms with Crippen molar-refractivity contribution in [3.8, 4) is 5.75 Å². The van der Waals surface area contributed by atoms with E-state index in [-0.39, 0.29) is 28.7 Å². The van der Waals surface area contributed by atoms with Gasteiger partial charge in [0.2, 0.25) is 5.91 Å². The van der Waals surface area contributed by atoms with E-state index in [0.29, 0.717) is 22.5 Å². The second kappa shape index (κ2) is 13.1. The summed E-state index contributed by atoms with van der Waals surface area (Å²) in [5.41, 5.74) is 1.21. The Morgan fingerprint density at radius 3 is 2.67 bits per heavy atom. The number of amides is 2. The first-order chi connectivity index (χ1) is 19.9. The van der Waals surface area contributed by atoms with Gasteiger partial charge in [-0.3, -0.25) is 19.5 Å². The van der Waals surface area contributed by atoms with E-state index in [1.807, 2.05) is 0 Å². The van der Waals surface area contributed by atoms with Crippen LogP contribution in [-0.2, 0) is 14.3 Å². The topological polar surface area (TPSA) is 159 Å². The fourth-order valence-electron chi connectivity index (χ4n) is 4.00. The summed E-state index contributed by atoms with van der Waals surface area (Å²) in [5, 5.41) is 18.2. The molecule has 0 saturated carbocycles. The van der Waals surface area contributed by atoms with Crippen LogP contribution < -0.4 is 26.0 Å². The largest absolute Gasteiger partial charge is 0.573 e. The van der Waals surface area contributed by atoms with Crippen LogP contribution in [0.4, 0.5) is 23.2 Å². The number of aromatic nitrogens is 2. The maximum atomic E-state index is 13.4. The van der Waals surface area contributed by atoms with Crippen molar-refractivity contribution in [1.82, 2.24) is 26.1 Å². The van der Waals surface area contributed by atoms with Gasteiger partial charge in [0.15, 0.2) is 5.96 Å². The maximum absolute atomic E-state index is 13.4. The van der Waals surface area contributed by atoms with Gasteiger partial charge in [0.25, 0.3) is 5.91 Å². The maximum Gasteiger partial charge on any atom is 0.573 e. The van der Waals surface area contributed by atoms with Crippen molar-refractivity contribution in [2.24, 2.45) is 4.99 Å². The predicted molar refractivity (Wildman–Crippen MR) is 146 cm³/mol. The van der Waals surface area contributed by atoms with E-state index in [2.05, 4.69) is 61.9 Å². The lowest BCUT2D eigenvalue weighted by molar-refractivity contribution is -0.274. The van der Waals surface area contributed by atoms with Crippen molar-refractivity contribution in [2.45, 2.75) is 25.0 Å². The molecule has 0 fully saturated rings. The average Bonchev–Trinajstić information content (AvgIpc) is 3.40. The van der Waals surface area contributed by atoms with E-state index in [1.54, 1.807) is 0 Å². The number of guanidine groups is 1. The third-order valence-electron chi connectivity index (χ3n) is 5.89. The Bertz CT molecular complexity index is 1510. The number of aliphatic imine (C=N–C) groups is 1. The van der Waals surface area contributed by atoms with Crippen LogP contribution in [0.5, 0.6) is 5.75 Å². The number of carbonyl (C=O) groups excluding carboxylic acids is 3. The fourth-order valence-corrected chi connectivity index (χ4v) is 4.49. The highest BCUT2D eigenvalue weighted by Gasteiger charge is 2.32. The van der Waals surface area contributed by atoms with Gasteiger partial charge >= 0.3 is 12.3 Å². The van der Waals surface area contributed by atoms with E-state index >= 15 is 0 Å². The van der Waals surface area contributed by atoms with Crippen LogP contribution in [0.25, 0.3) is 10.9 Å². The summed E-state index contributed by atoms with van der Waals surface area (Å²) < 4.78 is 60.5. The number of nitrogens with one attached hydrogen (secondary N) is 5. The van der Waals surface area contributed by atoms with Crippen LogP contribution in [0, 0.1) is 0 Å². The average molecular weight is 658 g/mol. The summed E-state index contributed by atoms with van der Waals surface area (Å²) in [6.45, 7) is -0.484. The summed E-state index contributed by atoms with van der Waals surface area (Å²) in [6.07, 6.45) is -4.96. The third-order valence-corrected chi connectivity index (χ3v) is 6.34. The van der Waals surface area contributed by atoms with Crippen molar-refractivity contribution in [1.29, 1.82) is 0 Å². The van der Waals surface area contributed by atoms with Crippen molar-refractivity contribution < 1.29 is 41.4 Å². The number of fused-ring (bicyclic) bond motifs is 1. The number of benzene rings is 2. The zero-order valence-electron chi connectivity index (χ0n) is 21.8. The number of hydrogen-bond donors (Lipinski definition) is 5. The number of nitrogens with zero attached hydrogens (tertiary/aromatic N) is 2. The Hall–Kier alpha value is -4.41. The number of rotatable bonds is 9. The molecule has 2 heterocycles. The molecule has 0 spiro atoms. The summed E-state index contributed by atoms with van der Waals surface area (Å²) in [7, 11) is 1.12. The van der Waals surface area contributed by atoms with Gasteiger partial charge in [-0.2, -0.15) is 5.10 Å². The number of carbonyl (C=O) groups is 3.